The van der Waals surface area contributed by atoms with Crippen molar-refractivity contribution in [2.45, 2.75) is 26.7 Å². The standard InChI is InChI=1S/C12H18N2O/c1-4-5-8-14(3)12(15)11-9-13-7-6-10(11)2/h6-7,9H,4-5,8H2,1-3H3. The first-order chi connectivity index (χ1) is 7.16. The number of amides is 1. The van der Waals surface area contributed by atoms with E-state index in [1.165, 1.54) is 0 Å². The van der Waals surface area contributed by atoms with Crippen molar-refractivity contribution in [1.82, 2.24) is 9.88 Å². The molecule has 0 saturated carbocycles. The van der Waals surface area contributed by atoms with Gasteiger partial charge in [0.15, 0.2) is 0 Å². The zero-order valence-electron chi connectivity index (χ0n) is 9.66. The molecule has 0 fully saturated rings. The van der Waals surface area contributed by atoms with Gasteiger partial charge >= 0.3 is 0 Å². The minimum atomic E-state index is 0.0639. The normalized spacial score (nSPS) is 10.1. The Balaban J connectivity index is 2.72. The van der Waals surface area contributed by atoms with Crippen LogP contribution in [0.15, 0.2) is 18.5 Å². The first-order valence-corrected chi connectivity index (χ1v) is 5.33. The van der Waals surface area contributed by atoms with Crippen LogP contribution in [0.5, 0.6) is 0 Å². The molecule has 1 aromatic rings. The van der Waals surface area contributed by atoms with E-state index in [4.69, 9.17) is 0 Å². The van der Waals surface area contributed by atoms with Crippen molar-refractivity contribution < 1.29 is 4.79 Å². The lowest BCUT2D eigenvalue weighted by molar-refractivity contribution is 0.0792. The molecule has 0 N–H and O–H groups in total. The van der Waals surface area contributed by atoms with Crippen LogP contribution in [-0.4, -0.2) is 29.4 Å². The van der Waals surface area contributed by atoms with Crippen LogP contribution in [0.3, 0.4) is 0 Å². The summed E-state index contributed by atoms with van der Waals surface area (Å²) < 4.78 is 0. The van der Waals surface area contributed by atoms with E-state index in [0.717, 1.165) is 24.9 Å². The predicted molar refractivity (Wildman–Crippen MR) is 60.8 cm³/mol. The van der Waals surface area contributed by atoms with Crippen molar-refractivity contribution in [2.24, 2.45) is 0 Å². The van der Waals surface area contributed by atoms with Crippen LogP contribution in [0.2, 0.25) is 0 Å². The lowest BCUT2D eigenvalue weighted by Gasteiger charge is -2.17. The number of pyridine rings is 1. The summed E-state index contributed by atoms with van der Waals surface area (Å²) in [6.07, 6.45) is 5.49. The molecule has 82 valence electrons. The molecule has 1 amide bonds. The average molecular weight is 206 g/mol. The largest absolute Gasteiger partial charge is 0.342 e. The zero-order chi connectivity index (χ0) is 11.3. The minimum absolute atomic E-state index is 0.0639. The molecule has 1 rings (SSSR count). The van der Waals surface area contributed by atoms with Crippen molar-refractivity contribution >= 4 is 5.91 Å². The number of aryl methyl sites for hydroxylation is 1. The van der Waals surface area contributed by atoms with Crippen LogP contribution < -0.4 is 0 Å². The lowest BCUT2D eigenvalue weighted by atomic mass is 10.1. The Morgan fingerprint density at radius 2 is 2.27 bits per heavy atom. The number of carbonyl (C=O) groups excluding carboxylic acids is 1. The van der Waals surface area contributed by atoms with Gasteiger partial charge in [0.2, 0.25) is 0 Å². The molecule has 15 heavy (non-hydrogen) atoms. The maximum Gasteiger partial charge on any atom is 0.255 e. The summed E-state index contributed by atoms with van der Waals surface area (Å²) in [4.78, 5) is 17.7. The van der Waals surface area contributed by atoms with Gasteiger partial charge in [0, 0.05) is 26.0 Å². The Hall–Kier alpha value is -1.38. The first kappa shape index (κ1) is 11.7. The molecule has 3 heteroatoms. The van der Waals surface area contributed by atoms with Gasteiger partial charge < -0.3 is 4.90 Å². The molecule has 0 atom stereocenters. The van der Waals surface area contributed by atoms with Gasteiger partial charge in [-0.3, -0.25) is 9.78 Å². The second-order valence-corrected chi connectivity index (χ2v) is 3.77. The number of hydrogen-bond acceptors (Lipinski definition) is 2. The van der Waals surface area contributed by atoms with E-state index < -0.39 is 0 Å². The van der Waals surface area contributed by atoms with E-state index >= 15 is 0 Å². The molecule has 0 aliphatic rings. The van der Waals surface area contributed by atoms with E-state index in [2.05, 4.69) is 11.9 Å². The highest BCUT2D eigenvalue weighted by molar-refractivity contribution is 5.95. The highest BCUT2D eigenvalue weighted by Gasteiger charge is 2.12. The number of rotatable bonds is 4. The Labute approximate surface area is 91.1 Å². The molecule has 0 bridgehead atoms. The van der Waals surface area contributed by atoms with E-state index in [1.807, 2.05) is 20.0 Å². The number of carbonyl (C=O) groups is 1. The first-order valence-electron chi connectivity index (χ1n) is 5.33. The second kappa shape index (κ2) is 5.49. The van der Waals surface area contributed by atoms with Gasteiger partial charge in [-0.2, -0.15) is 0 Å². The summed E-state index contributed by atoms with van der Waals surface area (Å²) in [6, 6.07) is 1.86. The third kappa shape index (κ3) is 3.05. The molecule has 0 unspecified atom stereocenters. The van der Waals surface area contributed by atoms with E-state index in [1.54, 1.807) is 17.3 Å². The maximum absolute atomic E-state index is 12.0. The number of aromatic nitrogens is 1. The van der Waals surface area contributed by atoms with Crippen molar-refractivity contribution in [3.05, 3.63) is 29.6 Å². The summed E-state index contributed by atoms with van der Waals surface area (Å²) in [5.74, 6) is 0.0639. The minimum Gasteiger partial charge on any atom is -0.342 e. The molecular formula is C12H18N2O. The lowest BCUT2D eigenvalue weighted by Crippen LogP contribution is -2.28. The van der Waals surface area contributed by atoms with Crippen LogP contribution in [0.1, 0.15) is 35.7 Å². The van der Waals surface area contributed by atoms with Crippen molar-refractivity contribution in [3.63, 3.8) is 0 Å². The van der Waals surface area contributed by atoms with Crippen LogP contribution in [0.25, 0.3) is 0 Å². The Morgan fingerprint density at radius 1 is 1.53 bits per heavy atom. The Morgan fingerprint density at radius 3 is 2.87 bits per heavy atom. The summed E-state index contributed by atoms with van der Waals surface area (Å²) >= 11 is 0. The Kier molecular flexibility index (Phi) is 4.28. The molecular weight excluding hydrogens is 188 g/mol. The molecule has 1 aromatic heterocycles. The Bertz CT molecular complexity index is 336. The summed E-state index contributed by atoms with van der Waals surface area (Å²) in [5.41, 5.74) is 1.69. The zero-order valence-corrected chi connectivity index (χ0v) is 9.66. The fraction of sp³-hybridized carbons (Fsp3) is 0.500. The maximum atomic E-state index is 12.0. The second-order valence-electron chi connectivity index (χ2n) is 3.77. The van der Waals surface area contributed by atoms with Gasteiger partial charge in [0.05, 0.1) is 5.56 Å². The van der Waals surface area contributed by atoms with Gasteiger partial charge in [-0.1, -0.05) is 13.3 Å². The van der Waals surface area contributed by atoms with E-state index in [-0.39, 0.29) is 5.91 Å². The van der Waals surface area contributed by atoms with E-state index in [9.17, 15) is 4.79 Å². The molecule has 0 radical (unpaired) electrons. The monoisotopic (exact) mass is 206 g/mol. The van der Waals surface area contributed by atoms with Crippen molar-refractivity contribution in [2.75, 3.05) is 13.6 Å². The van der Waals surface area contributed by atoms with Crippen LogP contribution >= 0.6 is 0 Å². The molecule has 0 aliphatic heterocycles. The van der Waals surface area contributed by atoms with Gasteiger partial charge in [-0.15, -0.1) is 0 Å². The molecule has 0 aliphatic carbocycles. The average Bonchev–Trinajstić information content (AvgIpc) is 2.25. The van der Waals surface area contributed by atoms with Crippen molar-refractivity contribution in [1.29, 1.82) is 0 Å². The smallest absolute Gasteiger partial charge is 0.255 e. The predicted octanol–water partition coefficient (Wildman–Crippen LogP) is 2.26. The van der Waals surface area contributed by atoms with Crippen molar-refractivity contribution in [3.8, 4) is 0 Å². The molecule has 1 heterocycles. The number of nitrogens with zero attached hydrogens (tertiary/aromatic N) is 2. The fourth-order valence-corrected chi connectivity index (χ4v) is 1.39. The molecule has 0 saturated heterocycles. The molecule has 0 spiro atoms. The van der Waals surface area contributed by atoms with Gasteiger partial charge in [-0.25, -0.2) is 0 Å². The number of unbranched alkanes of at least 4 members (excludes halogenated alkanes) is 1. The van der Waals surface area contributed by atoms with Gasteiger partial charge in [0.25, 0.3) is 5.91 Å². The summed E-state index contributed by atoms with van der Waals surface area (Å²) in [6.45, 7) is 4.86. The summed E-state index contributed by atoms with van der Waals surface area (Å²) in [7, 11) is 1.84. The summed E-state index contributed by atoms with van der Waals surface area (Å²) in [5, 5.41) is 0. The highest BCUT2D eigenvalue weighted by Crippen LogP contribution is 2.08. The van der Waals surface area contributed by atoms with Crippen LogP contribution in [-0.2, 0) is 0 Å². The third-order valence-electron chi connectivity index (χ3n) is 2.46. The van der Waals surface area contributed by atoms with Crippen LogP contribution in [0, 0.1) is 6.92 Å². The van der Waals surface area contributed by atoms with Gasteiger partial charge in [-0.05, 0) is 25.0 Å². The van der Waals surface area contributed by atoms with Crippen LogP contribution in [0.4, 0.5) is 0 Å². The quantitative estimate of drug-likeness (QED) is 0.757. The third-order valence-corrected chi connectivity index (χ3v) is 2.46. The molecule has 0 aromatic carbocycles. The number of hydrogen-bond donors (Lipinski definition) is 0. The van der Waals surface area contributed by atoms with Gasteiger partial charge in [0.1, 0.15) is 0 Å². The molecule has 3 nitrogen and oxygen atoms in total. The highest BCUT2D eigenvalue weighted by atomic mass is 16.2. The van der Waals surface area contributed by atoms with E-state index in [0.29, 0.717) is 5.56 Å². The SMILES string of the molecule is CCCCN(C)C(=O)c1cnccc1C. The fourth-order valence-electron chi connectivity index (χ4n) is 1.39. The topological polar surface area (TPSA) is 33.2 Å².